The minimum Gasteiger partial charge on any atom is -0.336 e. The van der Waals surface area contributed by atoms with Gasteiger partial charge in [0.1, 0.15) is 5.82 Å². The van der Waals surface area contributed by atoms with Crippen LogP contribution in [0.1, 0.15) is 21.5 Å². The smallest absolute Gasteiger partial charge is 0.254 e. The number of carbonyl (C=O) groups is 2. The third-order valence-corrected chi connectivity index (χ3v) is 4.77. The van der Waals surface area contributed by atoms with Gasteiger partial charge < -0.3 is 10.2 Å². The molecule has 0 radical (unpaired) electrons. The number of halogens is 1. The van der Waals surface area contributed by atoms with E-state index >= 15 is 0 Å². The number of anilines is 1. The van der Waals surface area contributed by atoms with Gasteiger partial charge in [0.2, 0.25) is 5.91 Å². The number of carbonyl (C=O) groups excluding carboxylic acids is 2. The zero-order chi connectivity index (χ0) is 19.4. The highest BCUT2D eigenvalue weighted by Crippen LogP contribution is 2.15. The van der Waals surface area contributed by atoms with E-state index in [1.165, 1.54) is 24.3 Å². The first kappa shape index (κ1) is 19.0. The summed E-state index contributed by atoms with van der Waals surface area (Å²) in [6, 6.07) is 11.6. The summed E-state index contributed by atoms with van der Waals surface area (Å²) in [5.41, 5.74) is 3.44. The van der Waals surface area contributed by atoms with Crippen LogP contribution < -0.4 is 5.32 Å². The van der Waals surface area contributed by atoms with Gasteiger partial charge in [-0.05, 0) is 49.7 Å². The molecule has 1 fully saturated rings. The van der Waals surface area contributed by atoms with Gasteiger partial charge in [0.15, 0.2) is 0 Å². The zero-order valence-electron chi connectivity index (χ0n) is 15.7. The Morgan fingerprint density at radius 3 is 2.30 bits per heavy atom. The van der Waals surface area contributed by atoms with Crippen molar-refractivity contribution in [2.45, 2.75) is 13.8 Å². The molecular weight excluding hydrogens is 345 g/mol. The van der Waals surface area contributed by atoms with E-state index in [0.717, 1.165) is 16.7 Å². The first-order valence-corrected chi connectivity index (χ1v) is 9.06. The van der Waals surface area contributed by atoms with E-state index in [4.69, 9.17) is 0 Å². The molecule has 6 heteroatoms. The Balaban J connectivity index is 1.50. The van der Waals surface area contributed by atoms with Crippen LogP contribution in [-0.2, 0) is 4.79 Å². The molecule has 3 rings (SSSR count). The number of nitrogens with one attached hydrogen (secondary N) is 1. The van der Waals surface area contributed by atoms with E-state index < -0.39 is 0 Å². The minimum atomic E-state index is -0.336. The van der Waals surface area contributed by atoms with E-state index in [9.17, 15) is 14.0 Å². The molecule has 1 aliphatic rings. The summed E-state index contributed by atoms with van der Waals surface area (Å²) >= 11 is 0. The fraction of sp³-hybridized carbons (Fsp3) is 0.333. The highest BCUT2D eigenvalue weighted by molar-refractivity contribution is 5.96. The Morgan fingerprint density at radius 1 is 1.00 bits per heavy atom. The molecule has 0 spiro atoms. The van der Waals surface area contributed by atoms with E-state index in [2.05, 4.69) is 5.32 Å². The average Bonchev–Trinajstić information content (AvgIpc) is 2.64. The van der Waals surface area contributed by atoms with Crippen molar-refractivity contribution in [2.24, 2.45) is 0 Å². The average molecular weight is 369 g/mol. The number of nitrogens with zero attached hydrogens (tertiary/aromatic N) is 2. The highest BCUT2D eigenvalue weighted by Gasteiger charge is 2.24. The van der Waals surface area contributed by atoms with E-state index in [1.807, 2.05) is 41.8 Å². The van der Waals surface area contributed by atoms with Crippen LogP contribution in [0.25, 0.3) is 0 Å². The lowest BCUT2D eigenvalue weighted by Gasteiger charge is -2.34. The summed E-state index contributed by atoms with van der Waals surface area (Å²) in [7, 11) is 0. The number of amides is 2. The summed E-state index contributed by atoms with van der Waals surface area (Å²) < 4.78 is 12.9. The number of aryl methyl sites for hydroxylation is 2. The molecule has 5 nitrogen and oxygen atoms in total. The Labute approximate surface area is 158 Å². The van der Waals surface area contributed by atoms with Gasteiger partial charge in [-0.1, -0.05) is 17.7 Å². The predicted octanol–water partition coefficient (Wildman–Crippen LogP) is 2.84. The van der Waals surface area contributed by atoms with Gasteiger partial charge >= 0.3 is 0 Å². The minimum absolute atomic E-state index is 0.0444. The topological polar surface area (TPSA) is 52.7 Å². The third-order valence-electron chi connectivity index (χ3n) is 4.77. The van der Waals surface area contributed by atoms with Crippen LogP contribution in [0.5, 0.6) is 0 Å². The molecule has 2 aromatic carbocycles. The molecule has 0 aromatic heterocycles. The quantitative estimate of drug-likeness (QED) is 0.902. The van der Waals surface area contributed by atoms with Crippen molar-refractivity contribution in [3.05, 3.63) is 65.0 Å². The molecule has 0 aliphatic carbocycles. The van der Waals surface area contributed by atoms with E-state index in [1.54, 1.807) is 0 Å². The van der Waals surface area contributed by atoms with Crippen molar-refractivity contribution in [1.82, 2.24) is 9.80 Å². The monoisotopic (exact) mass is 369 g/mol. The number of hydrogen-bond donors (Lipinski definition) is 1. The van der Waals surface area contributed by atoms with Crippen LogP contribution in [-0.4, -0.2) is 54.3 Å². The standard InChI is InChI=1S/C21H24FN3O2/c1-15-3-8-19(16(2)13-15)21(27)25-11-9-24(10-12-25)14-20(26)23-18-6-4-17(22)5-7-18/h3-8,13H,9-12,14H2,1-2H3,(H,23,26). The number of hydrogen-bond acceptors (Lipinski definition) is 3. The SMILES string of the molecule is Cc1ccc(C(=O)N2CCN(CC(=O)Nc3ccc(F)cc3)CC2)c(C)c1. The van der Waals surface area contributed by atoms with E-state index in [0.29, 0.717) is 31.9 Å². The second-order valence-corrected chi connectivity index (χ2v) is 6.94. The van der Waals surface area contributed by atoms with Gasteiger partial charge in [0.05, 0.1) is 6.54 Å². The van der Waals surface area contributed by atoms with Crippen molar-refractivity contribution in [2.75, 3.05) is 38.0 Å². The van der Waals surface area contributed by atoms with Gasteiger partial charge in [-0.15, -0.1) is 0 Å². The van der Waals surface area contributed by atoms with Gasteiger partial charge in [-0.25, -0.2) is 4.39 Å². The Morgan fingerprint density at radius 2 is 1.67 bits per heavy atom. The maximum Gasteiger partial charge on any atom is 0.254 e. The molecule has 1 saturated heterocycles. The van der Waals surface area contributed by atoms with Crippen molar-refractivity contribution in [1.29, 1.82) is 0 Å². The fourth-order valence-corrected chi connectivity index (χ4v) is 3.27. The molecule has 1 N–H and O–H groups in total. The van der Waals surface area contributed by atoms with Crippen LogP contribution in [0, 0.1) is 19.7 Å². The molecule has 0 saturated carbocycles. The molecule has 0 unspecified atom stereocenters. The van der Waals surface area contributed by atoms with Gasteiger partial charge in [-0.2, -0.15) is 0 Å². The summed E-state index contributed by atoms with van der Waals surface area (Å²) in [4.78, 5) is 28.7. The van der Waals surface area contributed by atoms with Gasteiger partial charge in [0.25, 0.3) is 5.91 Å². The molecule has 2 amide bonds. The molecule has 1 heterocycles. The molecule has 0 bridgehead atoms. The normalized spacial score (nSPS) is 14.9. The second kappa shape index (κ2) is 8.31. The molecule has 2 aromatic rings. The fourth-order valence-electron chi connectivity index (χ4n) is 3.27. The largest absolute Gasteiger partial charge is 0.336 e. The lowest BCUT2D eigenvalue weighted by molar-refractivity contribution is -0.117. The van der Waals surface area contributed by atoms with Crippen molar-refractivity contribution in [3.8, 4) is 0 Å². The molecule has 0 atom stereocenters. The molecule has 142 valence electrons. The number of piperazine rings is 1. The summed E-state index contributed by atoms with van der Waals surface area (Å²) in [5, 5.41) is 2.76. The Hall–Kier alpha value is -2.73. The first-order chi connectivity index (χ1) is 12.9. The lowest BCUT2D eigenvalue weighted by atomic mass is 10.0. The van der Waals surface area contributed by atoms with E-state index in [-0.39, 0.29) is 24.2 Å². The highest BCUT2D eigenvalue weighted by atomic mass is 19.1. The number of rotatable bonds is 4. The van der Waals surface area contributed by atoms with Crippen molar-refractivity contribution >= 4 is 17.5 Å². The van der Waals surface area contributed by atoms with Crippen LogP contribution in [0.3, 0.4) is 0 Å². The van der Waals surface area contributed by atoms with Crippen molar-refractivity contribution < 1.29 is 14.0 Å². The lowest BCUT2D eigenvalue weighted by Crippen LogP contribution is -2.50. The Kier molecular flexibility index (Phi) is 5.86. The van der Waals surface area contributed by atoms with Gasteiger partial charge in [0, 0.05) is 37.4 Å². The van der Waals surface area contributed by atoms with Gasteiger partial charge in [-0.3, -0.25) is 14.5 Å². The van der Waals surface area contributed by atoms with Crippen LogP contribution in [0.4, 0.5) is 10.1 Å². The number of benzene rings is 2. The summed E-state index contributed by atoms with van der Waals surface area (Å²) in [6.45, 7) is 6.70. The first-order valence-electron chi connectivity index (χ1n) is 9.06. The predicted molar refractivity (Wildman–Crippen MR) is 103 cm³/mol. The Bertz CT molecular complexity index is 828. The summed E-state index contributed by atoms with van der Waals surface area (Å²) in [6.07, 6.45) is 0. The maximum absolute atomic E-state index is 12.9. The molecular formula is C21H24FN3O2. The second-order valence-electron chi connectivity index (χ2n) is 6.94. The molecule has 27 heavy (non-hydrogen) atoms. The van der Waals surface area contributed by atoms with Crippen LogP contribution in [0.2, 0.25) is 0 Å². The maximum atomic E-state index is 12.9. The van der Waals surface area contributed by atoms with Crippen LogP contribution in [0.15, 0.2) is 42.5 Å². The molecule has 1 aliphatic heterocycles. The van der Waals surface area contributed by atoms with Crippen LogP contribution >= 0.6 is 0 Å². The summed E-state index contributed by atoms with van der Waals surface area (Å²) in [5.74, 6) is -0.434. The van der Waals surface area contributed by atoms with Crippen molar-refractivity contribution in [3.63, 3.8) is 0 Å². The third kappa shape index (κ3) is 4.92. The zero-order valence-corrected chi connectivity index (χ0v) is 15.7.